The van der Waals surface area contributed by atoms with E-state index in [4.69, 9.17) is 9.47 Å². The molecule has 1 atom stereocenters. The summed E-state index contributed by atoms with van der Waals surface area (Å²) in [5.74, 6) is -0.242. The highest BCUT2D eigenvalue weighted by Gasteiger charge is 2.27. The van der Waals surface area contributed by atoms with E-state index in [0.717, 1.165) is 41.7 Å². The number of thioether (sulfide) groups is 1. The number of thiophene rings is 1. The Balaban J connectivity index is 1.26. The number of nitrogens with one attached hydrogen (secondary N) is 3. The van der Waals surface area contributed by atoms with Crippen molar-refractivity contribution in [1.82, 2.24) is 5.32 Å². The third kappa shape index (κ3) is 8.54. The number of carbonyl (C=O) groups excluding carboxylic acids is 3. The van der Waals surface area contributed by atoms with E-state index in [9.17, 15) is 19.6 Å². The van der Waals surface area contributed by atoms with Crippen LogP contribution in [0.5, 0.6) is 11.5 Å². The molecule has 0 fully saturated rings. The predicted molar refractivity (Wildman–Crippen MR) is 206 cm³/mol. The van der Waals surface area contributed by atoms with Crippen molar-refractivity contribution in [1.29, 1.82) is 5.26 Å². The van der Waals surface area contributed by atoms with Crippen LogP contribution in [0, 0.1) is 11.3 Å². The van der Waals surface area contributed by atoms with Crippen molar-refractivity contribution in [2.24, 2.45) is 0 Å². The highest BCUT2D eigenvalue weighted by Crippen LogP contribution is 2.41. The van der Waals surface area contributed by atoms with Crippen LogP contribution in [-0.4, -0.2) is 31.9 Å². The van der Waals surface area contributed by atoms with Gasteiger partial charge >= 0.3 is 0 Å². The Morgan fingerprint density at radius 1 is 0.865 bits per heavy atom. The summed E-state index contributed by atoms with van der Waals surface area (Å²) in [5.41, 5.74) is 3.79. The number of rotatable bonds is 12. The molecule has 3 amide bonds. The van der Waals surface area contributed by atoms with Gasteiger partial charge in [-0.05, 0) is 85.4 Å². The number of hydrogen-bond acceptors (Lipinski definition) is 8. The normalized spacial score (nSPS) is 12.8. The number of methoxy groups -OCH3 is 2. The summed E-state index contributed by atoms with van der Waals surface area (Å²) in [6, 6.07) is 32.7. The summed E-state index contributed by atoms with van der Waals surface area (Å²) in [7, 11) is 3.06. The highest BCUT2D eigenvalue weighted by molar-refractivity contribution is 8.00. The van der Waals surface area contributed by atoms with Gasteiger partial charge in [-0.2, -0.15) is 5.26 Å². The van der Waals surface area contributed by atoms with Crippen LogP contribution in [0.2, 0.25) is 0 Å². The van der Waals surface area contributed by atoms with E-state index in [0.29, 0.717) is 38.9 Å². The third-order valence-electron chi connectivity index (χ3n) is 8.48. The molecule has 1 heterocycles. The Hall–Kier alpha value is -5.83. The van der Waals surface area contributed by atoms with Gasteiger partial charge in [0.2, 0.25) is 5.91 Å². The lowest BCUT2D eigenvalue weighted by molar-refractivity contribution is -0.116. The number of fused-ring (bicyclic) bond motifs is 1. The summed E-state index contributed by atoms with van der Waals surface area (Å²) >= 11 is 2.82. The van der Waals surface area contributed by atoms with Gasteiger partial charge < -0.3 is 25.4 Å². The fraction of sp³-hybridized carbons (Fsp3) is 0.171. The van der Waals surface area contributed by atoms with Gasteiger partial charge in [0, 0.05) is 32.7 Å². The molecule has 1 aliphatic rings. The van der Waals surface area contributed by atoms with E-state index in [-0.39, 0.29) is 11.6 Å². The number of aryl methyl sites for hydroxylation is 1. The van der Waals surface area contributed by atoms with Gasteiger partial charge in [-0.25, -0.2) is 0 Å². The molecule has 3 N–H and O–H groups in total. The monoisotopic (exact) mass is 728 g/mol. The minimum absolute atomic E-state index is 0.0103. The molecule has 52 heavy (non-hydrogen) atoms. The number of benzene rings is 4. The Labute approximate surface area is 310 Å². The van der Waals surface area contributed by atoms with E-state index in [1.165, 1.54) is 35.1 Å². The molecule has 0 saturated carbocycles. The summed E-state index contributed by atoms with van der Waals surface area (Å²) in [5, 5.41) is 18.6. The van der Waals surface area contributed by atoms with Crippen molar-refractivity contribution in [2.75, 3.05) is 24.9 Å². The van der Waals surface area contributed by atoms with Crippen molar-refractivity contribution in [3.8, 4) is 17.6 Å². The first-order valence-electron chi connectivity index (χ1n) is 16.7. The van der Waals surface area contributed by atoms with E-state index < -0.39 is 17.1 Å². The maximum absolute atomic E-state index is 14.0. The Kier molecular flexibility index (Phi) is 11.7. The Bertz CT molecular complexity index is 2160. The van der Waals surface area contributed by atoms with Crippen LogP contribution in [-0.2, 0) is 22.4 Å². The molecule has 1 aliphatic carbocycles. The zero-order valence-electron chi connectivity index (χ0n) is 28.6. The first-order valence-corrected chi connectivity index (χ1v) is 18.3. The third-order valence-corrected chi connectivity index (χ3v) is 10.9. The van der Waals surface area contributed by atoms with Crippen LogP contribution in [0.3, 0.4) is 0 Å². The lowest BCUT2D eigenvalue weighted by atomic mass is 9.96. The number of nitrogens with zero attached hydrogens (tertiary/aromatic N) is 1. The number of ether oxygens (including phenoxy) is 2. The molecule has 11 heteroatoms. The molecule has 1 unspecified atom stereocenters. The van der Waals surface area contributed by atoms with Crippen molar-refractivity contribution >= 4 is 57.6 Å². The first kappa shape index (κ1) is 36.0. The zero-order chi connectivity index (χ0) is 36.5. The molecule has 0 aliphatic heterocycles. The Morgan fingerprint density at radius 3 is 2.35 bits per heavy atom. The highest BCUT2D eigenvalue weighted by atomic mass is 32.2. The molecule has 5 aromatic rings. The predicted octanol–water partition coefficient (Wildman–Crippen LogP) is 8.40. The van der Waals surface area contributed by atoms with Gasteiger partial charge in [-0.1, -0.05) is 54.6 Å². The molecule has 0 saturated heterocycles. The largest absolute Gasteiger partial charge is 0.497 e. The van der Waals surface area contributed by atoms with E-state index in [1.54, 1.807) is 79.9 Å². The quantitative estimate of drug-likeness (QED) is 0.0869. The fourth-order valence-electron chi connectivity index (χ4n) is 5.87. The second-order valence-electron chi connectivity index (χ2n) is 11.9. The topological polar surface area (TPSA) is 130 Å². The van der Waals surface area contributed by atoms with Crippen LogP contribution in [0.15, 0.2) is 114 Å². The molecule has 6 rings (SSSR count). The van der Waals surface area contributed by atoms with E-state index in [1.807, 2.05) is 36.4 Å². The molecule has 0 radical (unpaired) electrons. The molecule has 1 aromatic heterocycles. The van der Waals surface area contributed by atoms with Crippen LogP contribution < -0.4 is 25.4 Å². The summed E-state index contributed by atoms with van der Waals surface area (Å²) < 4.78 is 10.9. The van der Waals surface area contributed by atoms with E-state index >= 15 is 0 Å². The number of amides is 3. The van der Waals surface area contributed by atoms with Gasteiger partial charge in [-0.15, -0.1) is 23.1 Å². The average molecular weight is 729 g/mol. The van der Waals surface area contributed by atoms with Gasteiger partial charge in [-0.3, -0.25) is 14.4 Å². The zero-order valence-corrected chi connectivity index (χ0v) is 30.2. The standard InChI is InChI=1S/C41H36N4O5S2/c1-49-30-21-20-28(35(24-30)50-2)22-34(44-38(46)27-14-7-4-8-15-27)39(47)43-29-16-11-17-31(23-29)51-37(26-12-5-3-6-13-26)40(48)45-41-33(25-42)32-18-9-10-19-36(32)52-41/h3-8,11-17,20-24,37H,9-10,18-19H2,1-2H3,(H,43,47)(H,44,46)(H,45,48)/b34-22+. The smallest absolute Gasteiger partial charge is 0.272 e. The SMILES string of the molecule is COc1ccc(/C=C(/NC(=O)c2ccccc2)C(=O)Nc2cccc(SC(C(=O)Nc3sc4c(c3C#N)CCCC4)c3ccccc3)c2)c(OC)c1. The summed E-state index contributed by atoms with van der Waals surface area (Å²) in [6.07, 6.45) is 5.42. The molecular weight excluding hydrogens is 693 g/mol. The van der Waals surface area contributed by atoms with Crippen molar-refractivity contribution in [2.45, 2.75) is 35.8 Å². The fourth-order valence-corrected chi connectivity index (χ4v) is 8.19. The van der Waals surface area contributed by atoms with Crippen molar-refractivity contribution in [3.63, 3.8) is 0 Å². The van der Waals surface area contributed by atoms with Crippen LogP contribution in [0.4, 0.5) is 10.7 Å². The number of nitriles is 1. The molecule has 9 nitrogen and oxygen atoms in total. The number of anilines is 2. The minimum Gasteiger partial charge on any atom is -0.497 e. The second-order valence-corrected chi connectivity index (χ2v) is 14.2. The Morgan fingerprint density at radius 2 is 1.62 bits per heavy atom. The number of hydrogen-bond donors (Lipinski definition) is 3. The van der Waals surface area contributed by atoms with Gasteiger partial charge in [0.1, 0.15) is 33.5 Å². The summed E-state index contributed by atoms with van der Waals surface area (Å²) in [6.45, 7) is 0. The van der Waals surface area contributed by atoms with Crippen LogP contribution in [0.25, 0.3) is 6.08 Å². The second kappa shape index (κ2) is 16.9. The number of carbonyl (C=O) groups is 3. The van der Waals surface area contributed by atoms with E-state index in [2.05, 4.69) is 22.0 Å². The molecule has 262 valence electrons. The maximum atomic E-state index is 14.0. The maximum Gasteiger partial charge on any atom is 0.272 e. The van der Waals surface area contributed by atoms with Crippen molar-refractivity contribution < 1.29 is 23.9 Å². The van der Waals surface area contributed by atoms with Gasteiger partial charge in [0.15, 0.2) is 0 Å². The average Bonchev–Trinajstić information content (AvgIpc) is 3.54. The molecule has 4 aromatic carbocycles. The summed E-state index contributed by atoms with van der Waals surface area (Å²) in [4.78, 5) is 42.9. The lowest BCUT2D eigenvalue weighted by Gasteiger charge is -2.18. The minimum atomic E-state index is -0.652. The molecule has 0 spiro atoms. The molecule has 0 bridgehead atoms. The van der Waals surface area contributed by atoms with Crippen LogP contribution >= 0.6 is 23.1 Å². The van der Waals surface area contributed by atoms with Gasteiger partial charge in [0.05, 0.1) is 19.8 Å². The lowest BCUT2D eigenvalue weighted by Crippen LogP contribution is -2.30. The van der Waals surface area contributed by atoms with Gasteiger partial charge in [0.25, 0.3) is 11.8 Å². The first-order chi connectivity index (χ1) is 25.4. The molecular formula is C41H36N4O5S2. The van der Waals surface area contributed by atoms with Crippen molar-refractivity contribution in [3.05, 3.63) is 142 Å². The van der Waals surface area contributed by atoms with Crippen LogP contribution in [0.1, 0.15) is 55.6 Å².